The van der Waals surface area contributed by atoms with Crippen LogP contribution in [0, 0.1) is 0 Å². The zero-order valence-electron chi connectivity index (χ0n) is 16.4. The predicted molar refractivity (Wildman–Crippen MR) is 123 cm³/mol. The van der Waals surface area contributed by atoms with E-state index in [2.05, 4.69) is 6.58 Å². The average Bonchev–Trinajstić information content (AvgIpc) is 2.79. The van der Waals surface area contributed by atoms with Crippen LogP contribution in [0.4, 0.5) is 0 Å². The second-order valence-electron chi connectivity index (χ2n) is 7.05. The fraction of sp³-hybridized carbons (Fsp3) is 0.0769. The number of rotatable bonds is 6. The summed E-state index contributed by atoms with van der Waals surface area (Å²) in [5, 5.41) is 3.72. The summed E-state index contributed by atoms with van der Waals surface area (Å²) < 4.78 is 20.7. The van der Waals surface area contributed by atoms with Crippen LogP contribution in [0.1, 0.15) is 6.92 Å². The molecule has 3 heteroatoms. The van der Waals surface area contributed by atoms with Crippen molar-refractivity contribution in [2.24, 2.45) is 0 Å². The second-order valence-corrected chi connectivity index (χ2v) is 10.2. The minimum absolute atomic E-state index is 0.383. The molecule has 1 atom stereocenters. The first-order chi connectivity index (χ1) is 14.1. The molecule has 0 fully saturated rings. The van der Waals surface area contributed by atoms with Crippen LogP contribution in [0.2, 0.25) is 0 Å². The quantitative estimate of drug-likeness (QED) is 0.288. The van der Waals surface area contributed by atoms with Crippen molar-refractivity contribution in [3.63, 3.8) is 0 Å². The molecule has 0 spiro atoms. The van der Waals surface area contributed by atoms with Crippen LogP contribution in [0.3, 0.4) is 0 Å². The molecular formula is C26H23O2P. The molecule has 0 unspecified atom stereocenters. The highest BCUT2D eigenvalue weighted by Crippen LogP contribution is 2.51. The maximum absolute atomic E-state index is 14.5. The summed E-state index contributed by atoms with van der Waals surface area (Å²) >= 11 is 0. The summed E-state index contributed by atoms with van der Waals surface area (Å²) in [7, 11) is -2.99. The molecule has 0 radical (unpaired) electrons. The Hall–Kier alpha value is -3.09. The van der Waals surface area contributed by atoms with Crippen molar-refractivity contribution < 1.29 is 9.30 Å². The number of fused-ring (bicyclic) bond motifs is 1. The van der Waals surface area contributed by atoms with E-state index in [1.165, 1.54) is 0 Å². The van der Waals surface area contributed by atoms with Gasteiger partial charge >= 0.3 is 0 Å². The molecule has 2 nitrogen and oxygen atoms in total. The van der Waals surface area contributed by atoms with Crippen LogP contribution >= 0.6 is 7.14 Å². The van der Waals surface area contributed by atoms with Crippen LogP contribution in [0.25, 0.3) is 10.8 Å². The third-order valence-electron chi connectivity index (χ3n) is 5.28. The molecule has 0 saturated carbocycles. The molecule has 4 rings (SSSR count). The Morgan fingerprint density at radius 3 is 1.90 bits per heavy atom. The van der Waals surface area contributed by atoms with Gasteiger partial charge in [-0.3, -0.25) is 0 Å². The van der Waals surface area contributed by atoms with Gasteiger partial charge in [0.05, 0.1) is 5.66 Å². The molecule has 0 aliphatic carbocycles. The fourth-order valence-corrected chi connectivity index (χ4v) is 6.49. The molecule has 0 heterocycles. The van der Waals surface area contributed by atoms with E-state index in [4.69, 9.17) is 4.74 Å². The van der Waals surface area contributed by atoms with Gasteiger partial charge in [0.15, 0.2) is 7.14 Å². The Balaban J connectivity index is 1.74. The van der Waals surface area contributed by atoms with Gasteiger partial charge in [-0.2, -0.15) is 0 Å². The molecule has 0 N–H and O–H groups in total. The van der Waals surface area contributed by atoms with E-state index in [9.17, 15) is 4.57 Å². The molecule has 144 valence electrons. The molecule has 0 aliphatic heterocycles. The zero-order valence-corrected chi connectivity index (χ0v) is 17.3. The molecular weight excluding hydrogens is 375 g/mol. The van der Waals surface area contributed by atoms with Crippen molar-refractivity contribution in [3.05, 3.63) is 115 Å². The highest BCUT2D eigenvalue weighted by Gasteiger charge is 2.36. The monoisotopic (exact) mass is 398 g/mol. The van der Waals surface area contributed by atoms with E-state index < -0.39 is 7.14 Å². The van der Waals surface area contributed by atoms with Crippen molar-refractivity contribution >= 4 is 28.5 Å². The standard InChI is InChI=1S/C26H23O2P/c1-20(28-26-19-11-13-22-12-9-10-18-25(22)26)21(2)29(27,23-14-5-3-6-15-23)24-16-7-4-8-17-24/h3-19,21H,1H2,2H3/t21-/m1/s1. The minimum Gasteiger partial charge on any atom is -0.461 e. The highest BCUT2D eigenvalue weighted by atomic mass is 31.2. The van der Waals surface area contributed by atoms with E-state index in [0.29, 0.717) is 5.76 Å². The summed E-state index contributed by atoms with van der Waals surface area (Å²) in [6.45, 7) is 6.12. The lowest BCUT2D eigenvalue weighted by Gasteiger charge is -2.27. The molecule has 0 bridgehead atoms. The van der Waals surface area contributed by atoms with E-state index in [-0.39, 0.29) is 5.66 Å². The molecule has 0 saturated heterocycles. The van der Waals surface area contributed by atoms with Crippen LogP contribution < -0.4 is 15.3 Å². The number of ether oxygens (including phenoxy) is 1. The number of benzene rings is 4. The molecule has 4 aromatic rings. The van der Waals surface area contributed by atoms with Gasteiger partial charge in [-0.15, -0.1) is 0 Å². The SMILES string of the molecule is C=C(Oc1cccc2ccccc12)[C@@H](C)P(=O)(c1ccccc1)c1ccccc1. The van der Waals surface area contributed by atoms with Crippen molar-refractivity contribution in [1.82, 2.24) is 0 Å². The van der Waals surface area contributed by atoms with Gasteiger partial charge in [-0.25, -0.2) is 0 Å². The highest BCUT2D eigenvalue weighted by molar-refractivity contribution is 7.79. The summed E-state index contributed by atoms with van der Waals surface area (Å²) in [4.78, 5) is 0. The van der Waals surface area contributed by atoms with Gasteiger partial charge in [-0.05, 0) is 18.4 Å². The van der Waals surface area contributed by atoms with E-state index in [1.807, 2.05) is 110 Å². The third-order valence-corrected chi connectivity index (χ3v) is 8.79. The smallest absolute Gasteiger partial charge is 0.153 e. The molecule has 0 aromatic heterocycles. The molecule has 29 heavy (non-hydrogen) atoms. The van der Waals surface area contributed by atoms with Gasteiger partial charge in [0.1, 0.15) is 11.5 Å². The van der Waals surface area contributed by atoms with Gasteiger partial charge in [0.25, 0.3) is 0 Å². The number of hydrogen-bond acceptors (Lipinski definition) is 2. The van der Waals surface area contributed by atoms with Crippen LogP contribution in [-0.2, 0) is 4.57 Å². The molecule has 0 aliphatic rings. The average molecular weight is 398 g/mol. The second kappa shape index (κ2) is 8.11. The Kier molecular flexibility index (Phi) is 5.38. The van der Waals surface area contributed by atoms with Crippen molar-refractivity contribution in [1.29, 1.82) is 0 Å². The Labute approximate surface area is 171 Å². The van der Waals surface area contributed by atoms with E-state index >= 15 is 0 Å². The first kappa shape index (κ1) is 19.2. The Morgan fingerprint density at radius 2 is 1.28 bits per heavy atom. The predicted octanol–water partition coefficient (Wildman–Crippen LogP) is 6.13. The fourth-order valence-electron chi connectivity index (χ4n) is 3.61. The molecule has 4 aromatic carbocycles. The van der Waals surface area contributed by atoms with Crippen LogP contribution in [-0.4, -0.2) is 5.66 Å². The summed E-state index contributed by atoms with van der Waals surface area (Å²) in [6.07, 6.45) is 0. The van der Waals surface area contributed by atoms with E-state index in [1.54, 1.807) is 0 Å². The lowest BCUT2D eigenvalue weighted by Crippen LogP contribution is -2.26. The van der Waals surface area contributed by atoms with Crippen molar-refractivity contribution in [2.45, 2.75) is 12.6 Å². The van der Waals surface area contributed by atoms with Gasteiger partial charge in [-0.1, -0.05) is 104 Å². The van der Waals surface area contributed by atoms with Crippen LogP contribution in [0.5, 0.6) is 5.75 Å². The molecule has 0 amide bonds. The van der Waals surface area contributed by atoms with E-state index in [0.717, 1.165) is 27.1 Å². The number of hydrogen-bond donors (Lipinski definition) is 0. The maximum atomic E-state index is 14.5. The largest absolute Gasteiger partial charge is 0.461 e. The normalized spacial score (nSPS) is 12.4. The van der Waals surface area contributed by atoms with Gasteiger partial charge in [0.2, 0.25) is 0 Å². The van der Waals surface area contributed by atoms with Crippen LogP contribution in [0.15, 0.2) is 115 Å². The van der Waals surface area contributed by atoms with Crippen molar-refractivity contribution in [2.75, 3.05) is 0 Å². The van der Waals surface area contributed by atoms with Gasteiger partial charge in [0, 0.05) is 16.0 Å². The first-order valence-electron chi connectivity index (χ1n) is 9.66. The summed E-state index contributed by atoms with van der Waals surface area (Å²) in [5.41, 5.74) is -0.383. The minimum atomic E-state index is -2.99. The van der Waals surface area contributed by atoms with Gasteiger partial charge < -0.3 is 9.30 Å². The number of allylic oxidation sites excluding steroid dienone is 1. The summed E-state index contributed by atoms with van der Waals surface area (Å²) in [6, 6.07) is 33.3. The topological polar surface area (TPSA) is 26.3 Å². The van der Waals surface area contributed by atoms with Crippen molar-refractivity contribution in [3.8, 4) is 5.75 Å². The maximum Gasteiger partial charge on any atom is 0.153 e. The Bertz CT molecular complexity index is 1130. The zero-order chi connectivity index (χ0) is 20.3. The lowest BCUT2D eigenvalue weighted by atomic mass is 10.1. The third kappa shape index (κ3) is 3.64. The summed E-state index contributed by atoms with van der Waals surface area (Å²) in [5.74, 6) is 1.23. The Morgan fingerprint density at radius 1 is 0.759 bits per heavy atom. The lowest BCUT2D eigenvalue weighted by molar-refractivity contribution is 0.416. The first-order valence-corrected chi connectivity index (χ1v) is 11.4.